The first-order chi connectivity index (χ1) is 17.0. The lowest BCUT2D eigenvalue weighted by molar-refractivity contribution is -0.293. The molecule has 5 unspecified atom stereocenters. The van der Waals surface area contributed by atoms with E-state index in [0.717, 1.165) is 20.0 Å². The van der Waals surface area contributed by atoms with E-state index in [-0.39, 0.29) is 19.4 Å². The first-order valence-corrected chi connectivity index (χ1v) is 12.0. The second kappa shape index (κ2) is 16.3. The predicted molar refractivity (Wildman–Crippen MR) is 125 cm³/mol. The third-order valence-electron chi connectivity index (χ3n) is 5.69. The largest absolute Gasteiger partial charge is 0.453 e. The minimum atomic E-state index is -1.34. The molecule has 0 aliphatic carbocycles. The summed E-state index contributed by atoms with van der Waals surface area (Å²) in [6, 6.07) is -1.96. The maximum absolute atomic E-state index is 12.5. The number of carbonyl (C=O) groups is 4. The number of nitrogens with two attached hydrogens (primary N) is 1. The summed E-state index contributed by atoms with van der Waals surface area (Å²) >= 11 is 0. The molecule has 14 nitrogen and oxygen atoms in total. The zero-order valence-corrected chi connectivity index (χ0v) is 21.0. The lowest BCUT2D eigenvalue weighted by atomic mass is 10.0. The van der Waals surface area contributed by atoms with Crippen molar-refractivity contribution in [2.24, 2.45) is 5.73 Å². The van der Waals surface area contributed by atoms with Gasteiger partial charge >= 0.3 is 6.09 Å². The van der Waals surface area contributed by atoms with Gasteiger partial charge in [-0.05, 0) is 33.1 Å². The smallest absolute Gasteiger partial charge is 0.407 e. The van der Waals surface area contributed by atoms with Gasteiger partial charge in [0.25, 0.3) is 0 Å². The highest BCUT2D eigenvalue weighted by Gasteiger charge is 2.42. The van der Waals surface area contributed by atoms with Crippen molar-refractivity contribution in [3.63, 3.8) is 0 Å². The lowest BCUT2D eigenvalue weighted by Crippen LogP contribution is -2.57. The Hall–Kier alpha value is -2.52. The van der Waals surface area contributed by atoms with Gasteiger partial charge in [0, 0.05) is 19.6 Å². The fraction of sp³-hybridized carbons (Fsp3) is 0.818. The molecule has 1 aliphatic heterocycles. The minimum absolute atomic E-state index is 0.00855. The van der Waals surface area contributed by atoms with Crippen LogP contribution in [0.2, 0.25) is 0 Å². The van der Waals surface area contributed by atoms with Gasteiger partial charge in [-0.2, -0.15) is 0 Å². The van der Waals surface area contributed by atoms with Crippen LogP contribution >= 0.6 is 0 Å². The molecule has 4 amide bonds. The zero-order chi connectivity index (χ0) is 27.3. The second-order valence-electron chi connectivity index (χ2n) is 8.68. The Morgan fingerprint density at radius 2 is 1.64 bits per heavy atom. The van der Waals surface area contributed by atoms with E-state index >= 15 is 0 Å². The number of alkyl carbamates (subject to hydrolysis) is 1. The number of aliphatic hydroxyl groups is 3. The Labute approximate surface area is 210 Å². The molecular formula is C22H40N4O10. The van der Waals surface area contributed by atoms with Gasteiger partial charge in [0.05, 0.1) is 13.2 Å². The Morgan fingerprint density at radius 3 is 2.28 bits per heavy atom. The van der Waals surface area contributed by atoms with Gasteiger partial charge in [-0.25, -0.2) is 4.79 Å². The average molecular weight is 521 g/mol. The Morgan fingerprint density at radius 1 is 0.972 bits per heavy atom. The number of amides is 4. The Balaban J connectivity index is 2.32. The topological polar surface area (TPSA) is 219 Å². The van der Waals surface area contributed by atoms with Gasteiger partial charge in [-0.3, -0.25) is 14.4 Å². The van der Waals surface area contributed by atoms with Crippen molar-refractivity contribution in [1.29, 1.82) is 0 Å². The fourth-order valence-electron chi connectivity index (χ4n) is 3.42. The number of rotatable bonds is 15. The molecule has 14 heteroatoms. The number of hydrogen-bond donors (Lipinski definition) is 7. The van der Waals surface area contributed by atoms with Gasteiger partial charge in [0.2, 0.25) is 17.7 Å². The molecule has 7 atom stereocenters. The molecule has 1 rings (SSSR count). The highest BCUT2D eigenvalue weighted by Crippen LogP contribution is 2.22. The predicted octanol–water partition coefficient (Wildman–Crippen LogP) is -2.00. The number of hydrogen-bond acceptors (Lipinski definition) is 10. The fourth-order valence-corrected chi connectivity index (χ4v) is 3.42. The third kappa shape index (κ3) is 11.0. The van der Waals surface area contributed by atoms with Crippen LogP contribution in [0.1, 0.15) is 52.4 Å². The van der Waals surface area contributed by atoms with Gasteiger partial charge in [0.15, 0.2) is 6.29 Å². The SMILES string of the molecule is COC(=O)N[C@H](C)C(=O)N[C@@H](CCC(N)=O)C(=O)NCCCCCCOC1OC(C)C(O)C(O)C1O. The molecule has 36 heavy (non-hydrogen) atoms. The van der Waals surface area contributed by atoms with Crippen LogP contribution in [0.5, 0.6) is 0 Å². The first-order valence-electron chi connectivity index (χ1n) is 12.0. The van der Waals surface area contributed by atoms with E-state index in [1.54, 1.807) is 6.92 Å². The van der Waals surface area contributed by atoms with Crippen LogP contribution in [0.4, 0.5) is 4.79 Å². The summed E-state index contributed by atoms with van der Waals surface area (Å²) in [5, 5.41) is 36.9. The molecule has 0 spiro atoms. The lowest BCUT2D eigenvalue weighted by Gasteiger charge is -2.38. The van der Waals surface area contributed by atoms with Crippen LogP contribution in [0.25, 0.3) is 0 Å². The maximum Gasteiger partial charge on any atom is 0.407 e. The summed E-state index contributed by atoms with van der Waals surface area (Å²) in [7, 11) is 1.16. The molecule has 1 heterocycles. The van der Waals surface area contributed by atoms with Crippen molar-refractivity contribution < 1.29 is 48.7 Å². The molecule has 1 aliphatic rings. The van der Waals surface area contributed by atoms with E-state index in [1.165, 1.54) is 6.92 Å². The summed E-state index contributed by atoms with van der Waals surface area (Å²) in [5.74, 6) is -1.71. The van der Waals surface area contributed by atoms with Crippen molar-refractivity contribution in [2.75, 3.05) is 20.3 Å². The van der Waals surface area contributed by atoms with Crippen LogP contribution in [0.3, 0.4) is 0 Å². The minimum Gasteiger partial charge on any atom is -0.453 e. The van der Waals surface area contributed by atoms with Gasteiger partial charge in [-0.15, -0.1) is 0 Å². The molecule has 0 radical (unpaired) electrons. The summed E-state index contributed by atoms with van der Waals surface area (Å²) in [6.45, 7) is 3.62. The van der Waals surface area contributed by atoms with Gasteiger partial charge in [-0.1, -0.05) is 12.8 Å². The molecule has 208 valence electrons. The van der Waals surface area contributed by atoms with Gasteiger partial charge in [0.1, 0.15) is 30.4 Å². The van der Waals surface area contributed by atoms with Crippen molar-refractivity contribution >= 4 is 23.8 Å². The molecule has 1 saturated heterocycles. The number of aliphatic hydroxyl groups excluding tert-OH is 3. The molecule has 8 N–H and O–H groups in total. The van der Waals surface area contributed by atoms with E-state index in [9.17, 15) is 34.5 Å². The number of unbranched alkanes of at least 4 members (excludes halogenated alkanes) is 3. The van der Waals surface area contributed by atoms with Crippen LogP contribution in [-0.4, -0.2) is 102 Å². The molecular weight excluding hydrogens is 480 g/mol. The maximum atomic E-state index is 12.5. The number of ether oxygens (including phenoxy) is 3. The van der Waals surface area contributed by atoms with Gasteiger partial charge < -0.3 is 51.2 Å². The van der Waals surface area contributed by atoms with E-state index in [1.807, 2.05) is 0 Å². The van der Waals surface area contributed by atoms with Crippen LogP contribution in [0.15, 0.2) is 0 Å². The van der Waals surface area contributed by atoms with E-state index in [4.69, 9.17) is 15.2 Å². The van der Waals surface area contributed by atoms with Crippen LogP contribution < -0.4 is 21.7 Å². The summed E-state index contributed by atoms with van der Waals surface area (Å²) in [5.41, 5.74) is 5.16. The normalized spacial score (nSPS) is 25.3. The van der Waals surface area contributed by atoms with Crippen LogP contribution in [-0.2, 0) is 28.6 Å². The summed E-state index contributed by atoms with van der Waals surface area (Å²) in [6.07, 6.45) is -3.63. The van der Waals surface area contributed by atoms with E-state index in [2.05, 4.69) is 20.7 Å². The number of methoxy groups -OCH3 is 1. The van der Waals surface area contributed by atoms with Crippen molar-refractivity contribution in [1.82, 2.24) is 16.0 Å². The van der Waals surface area contributed by atoms with Crippen molar-refractivity contribution in [3.05, 3.63) is 0 Å². The molecule has 0 aromatic rings. The van der Waals surface area contributed by atoms with E-state index < -0.39 is 66.6 Å². The second-order valence-corrected chi connectivity index (χ2v) is 8.68. The molecule has 0 aromatic carbocycles. The zero-order valence-electron chi connectivity index (χ0n) is 21.0. The number of primary amides is 1. The Bertz CT molecular complexity index is 725. The van der Waals surface area contributed by atoms with Crippen molar-refractivity contribution in [3.8, 4) is 0 Å². The van der Waals surface area contributed by atoms with Crippen molar-refractivity contribution in [2.45, 2.75) is 95.2 Å². The molecule has 0 saturated carbocycles. The quantitative estimate of drug-likeness (QED) is 0.118. The number of nitrogens with one attached hydrogen (secondary N) is 3. The van der Waals surface area contributed by atoms with Crippen LogP contribution in [0, 0.1) is 0 Å². The van der Waals surface area contributed by atoms with E-state index in [0.29, 0.717) is 19.4 Å². The highest BCUT2D eigenvalue weighted by atomic mass is 16.7. The average Bonchev–Trinajstić information content (AvgIpc) is 2.84. The monoisotopic (exact) mass is 520 g/mol. The molecule has 1 fully saturated rings. The highest BCUT2D eigenvalue weighted by molar-refractivity contribution is 5.91. The third-order valence-corrected chi connectivity index (χ3v) is 5.69. The Kier molecular flexibility index (Phi) is 14.2. The summed E-state index contributed by atoms with van der Waals surface area (Å²) < 4.78 is 15.3. The molecule has 0 bridgehead atoms. The standard InChI is InChI=1S/C22H40N4O10/c1-12(25-22(33)34-3)19(31)26-14(8-9-15(23)27)20(32)24-10-6-4-5-7-11-35-21-18(30)17(29)16(28)13(2)36-21/h12-14,16-18,21,28-30H,4-11H2,1-3H3,(H2,23,27)(H,24,32)(H,25,33)(H,26,31)/t12-,13?,14+,16?,17?,18?,21?/m1/s1. The summed E-state index contributed by atoms with van der Waals surface area (Å²) in [4.78, 5) is 47.2. The molecule has 0 aromatic heterocycles. The first kappa shape index (κ1) is 31.5. The number of carbonyl (C=O) groups excluding carboxylic acids is 4.